The van der Waals surface area contributed by atoms with Gasteiger partial charge < -0.3 is 9.57 Å². The van der Waals surface area contributed by atoms with Crippen molar-refractivity contribution in [2.75, 3.05) is 7.11 Å². The van der Waals surface area contributed by atoms with Crippen LogP contribution in [-0.4, -0.2) is 26.0 Å². The van der Waals surface area contributed by atoms with Crippen LogP contribution >= 0.6 is 0 Å². The minimum atomic E-state index is -4.02. The van der Waals surface area contributed by atoms with Gasteiger partial charge in [0.05, 0.1) is 17.6 Å². The lowest BCUT2D eigenvalue weighted by Crippen LogP contribution is -2.09. The minimum absolute atomic E-state index is 0.0666. The summed E-state index contributed by atoms with van der Waals surface area (Å²) in [5.74, 6) is 4.82. The summed E-state index contributed by atoms with van der Waals surface area (Å²) in [4.78, 5) is 14.8. The molecule has 0 saturated carbocycles. The van der Waals surface area contributed by atoms with Crippen LogP contribution in [0.25, 0.3) is 0 Å². The topological polar surface area (TPSA) is 116 Å². The standard InChI is InChI=1S/C8H9NO3.C7H8O3S/c1-11-7-4-2-6(3-5-7)8(10)12-9;1-6-2-4-7(5-3-6)11(8,9)10/h2-5H,9H2,1H3;2-5H,1H3,(H,8,9,10). The van der Waals surface area contributed by atoms with Gasteiger partial charge in [-0.25, -0.2) is 4.79 Å². The molecule has 0 aromatic heterocycles. The first kappa shape index (κ1) is 18.6. The highest BCUT2D eigenvalue weighted by Gasteiger charge is 2.06. The summed E-state index contributed by atoms with van der Waals surface area (Å²) in [6.07, 6.45) is 0. The number of benzene rings is 2. The molecule has 23 heavy (non-hydrogen) atoms. The molecule has 0 heterocycles. The number of nitrogens with two attached hydrogens (primary N) is 1. The summed E-state index contributed by atoms with van der Waals surface area (Å²) in [5.41, 5.74) is 1.36. The third kappa shape index (κ3) is 6.07. The first-order chi connectivity index (χ1) is 10.8. The molecule has 2 rings (SSSR count). The first-order valence-electron chi connectivity index (χ1n) is 6.37. The second kappa shape index (κ2) is 8.28. The van der Waals surface area contributed by atoms with E-state index in [2.05, 4.69) is 4.84 Å². The van der Waals surface area contributed by atoms with Crippen molar-refractivity contribution in [1.82, 2.24) is 0 Å². The van der Waals surface area contributed by atoms with Crippen molar-refractivity contribution < 1.29 is 27.3 Å². The fourth-order valence-corrected chi connectivity index (χ4v) is 1.99. The summed E-state index contributed by atoms with van der Waals surface area (Å²) in [6.45, 7) is 1.84. The highest BCUT2D eigenvalue weighted by molar-refractivity contribution is 7.85. The maximum atomic E-state index is 10.8. The molecule has 7 nitrogen and oxygen atoms in total. The fraction of sp³-hybridized carbons (Fsp3) is 0.133. The molecule has 0 unspecified atom stereocenters. The van der Waals surface area contributed by atoms with Gasteiger partial charge in [-0.05, 0) is 43.3 Å². The van der Waals surface area contributed by atoms with Gasteiger partial charge >= 0.3 is 5.97 Å². The zero-order chi connectivity index (χ0) is 17.5. The molecule has 2 aromatic rings. The predicted octanol–water partition coefficient (Wildman–Crippen LogP) is 1.97. The summed E-state index contributed by atoms with van der Waals surface area (Å²) in [5, 5.41) is 0. The second-order valence-corrected chi connectivity index (χ2v) is 5.84. The molecule has 3 N–H and O–H groups in total. The number of hydrogen-bond donors (Lipinski definition) is 2. The Morgan fingerprint density at radius 2 is 1.57 bits per heavy atom. The van der Waals surface area contributed by atoms with E-state index in [-0.39, 0.29) is 4.90 Å². The SMILES string of the molecule is COc1ccc(C(=O)ON)cc1.Cc1ccc(S(=O)(=O)O)cc1. The van der Waals surface area contributed by atoms with Gasteiger partial charge in [-0.2, -0.15) is 14.3 Å². The molecule has 0 atom stereocenters. The Morgan fingerprint density at radius 3 is 1.96 bits per heavy atom. The third-order valence-corrected chi connectivity index (χ3v) is 3.62. The molecule has 8 heteroatoms. The van der Waals surface area contributed by atoms with Crippen LogP contribution in [-0.2, 0) is 15.0 Å². The Labute approximate surface area is 134 Å². The average Bonchev–Trinajstić information content (AvgIpc) is 2.54. The summed E-state index contributed by atoms with van der Waals surface area (Å²) in [6, 6.07) is 12.5. The van der Waals surface area contributed by atoms with Crippen molar-refractivity contribution in [2.45, 2.75) is 11.8 Å². The van der Waals surface area contributed by atoms with E-state index in [1.54, 1.807) is 43.5 Å². The average molecular weight is 339 g/mol. The number of methoxy groups -OCH3 is 1. The quantitative estimate of drug-likeness (QED) is 0.648. The number of aryl methyl sites for hydroxylation is 1. The van der Waals surface area contributed by atoms with Crippen LogP contribution in [0.4, 0.5) is 0 Å². The van der Waals surface area contributed by atoms with Crippen molar-refractivity contribution in [3.63, 3.8) is 0 Å². The van der Waals surface area contributed by atoms with Gasteiger partial charge in [0, 0.05) is 0 Å². The van der Waals surface area contributed by atoms with Crippen LogP contribution in [0.5, 0.6) is 5.75 Å². The summed E-state index contributed by atoms with van der Waals surface area (Å²) < 4.78 is 34.5. The predicted molar refractivity (Wildman–Crippen MR) is 83.6 cm³/mol. The monoisotopic (exact) mass is 339 g/mol. The Kier molecular flexibility index (Phi) is 6.70. The lowest BCUT2D eigenvalue weighted by Gasteiger charge is -2.00. The molecule has 0 bridgehead atoms. The van der Waals surface area contributed by atoms with Gasteiger partial charge in [0.15, 0.2) is 0 Å². The van der Waals surface area contributed by atoms with E-state index in [1.807, 2.05) is 6.92 Å². The van der Waals surface area contributed by atoms with Crippen LogP contribution in [0.3, 0.4) is 0 Å². The molecule has 0 fully saturated rings. The van der Waals surface area contributed by atoms with Gasteiger partial charge in [0.25, 0.3) is 10.1 Å². The van der Waals surface area contributed by atoms with E-state index in [0.29, 0.717) is 11.3 Å². The van der Waals surface area contributed by atoms with Crippen molar-refractivity contribution in [1.29, 1.82) is 0 Å². The summed E-state index contributed by atoms with van der Waals surface area (Å²) in [7, 11) is -2.47. The minimum Gasteiger partial charge on any atom is -0.497 e. The number of rotatable bonds is 3. The normalized spacial score (nSPS) is 10.3. The van der Waals surface area contributed by atoms with E-state index in [1.165, 1.54) is 12.1 Å². The molecule has 0 aliphatic heterocycles. The Balaban J connectivity index is 0.000000231. The van der Waals surface area contributed by atoms with Crippen molar-refractivity contribution in [3.05, 3.63) is 59.7 Å². The molecule has 0 spiro atoms. The zero-order valence-electron chi connectivity index (χ0n) is 12.6. The first-order valence-corrected chi connectivity index (χ1v) is 7.81. The van der Waals surface area contributed by atoms with E-state index < -0.39 is 16.1 Å². The second-order valence-electron chi connectivity index (χ2n) is 4.42. The molecule has 0 amide bonds. The molecule has 0 saturated heterocycles. The van der Waals surface area contributed by atoms with Crippen LogP contribution in [0.1, 0.15) is 15.9 Å². The van der Waals surface area contributed by atoms with Crippen molar-refractivity contribution in [3.8, 4) is 5.75 Å². The molecular weight excluding hydrogens is 322 g/mol. The van der Waals surface area contributed by atoms with Crippen LogP contribution in [0.15, 0.2) is 53.4 Å². The van der Waals surface area contributed by atoms with Crippen molar-refractivity contribution >= 4 is 16.1 Å². The number of carbonyl (C=O) groups excluding carboxylic acids is 1. The maximum absolute atomic E-state index is 10.8. The maximum Gasteiger partial charge on any atom is 0.356 e. The van der Waals surface area contributed by atoms with Crippen LogP contribution in [0.2, 0.25) is 0 Å². The van der Waals surface area contributed by atoms with Crippen LogP contribution in [0, 0.1) is 6.92 Å². The molecule has 124 valence electrons. The Morgan fingerprint density at radius 1 is 1.04 bits per heavy atom. The smallest absolute Gasteiger partial charge is 0.356 e. The van der Waals surface area contributed by atoms with Crippen molar-refractivity contribution in [2.24, 2.45) is 5.90 Å². The number of ether oxygens (including phenoxy) is 1. The number of hydrogen-bond acceptors (Lipinski definition) is 6. The highest BCUT2D eigenvalue weighted by Crippen LogP contribution is 2.11. The van der Waals surface area contributed by atoms with Crippen LogP contribution < -0.4 is 10.6 Å². The molecule has 0 aliphatic carbocycles. The fourth-order valence-electron chi connectivity index (χ4n) is 1.51. The summed E-state index contributed by atoms with van der Waals surface area (Å²) >= 11 is 0. The van der Waals surface area contributed by atoms with E-state index in [4.69, 9.17) is 15.2 Å². The lowest BCUT2D eigenvalue weighted by molar-refractivity contribution is 0.0503. The lowest BCUT2D eigenvalue weighted by atomic mass is 10.2. The molecule has 0 aliphatic rings. The Bertz CT molecular complexity index is 739. The highest BCUT2D eigenvalue weighted by atomic mass is 32.2. The third-order valence-electron chi connectivity index (χ3n) is 2.75. The Hall–Kier alpha value is -2.42. The number of carbonyl (C=O) groups is 1. The van der Waals surface area contributed by atoms with Gasteiger partial charge in [0.2, 0.25) is 0 Å². The van der Waals surface area contributed by atoms with Gasteiger partial charge in [-0.15, -0.1) is 0 Å². The van der Waals surface area contributed by atoms with E-state index >= 15 is 0 Å². The van der Waals surface area contributed by atoms with Gasteiger partial charge in [-0.1, -0.05) is 17.7 Å². The largest absolute Gasteiger partial charge is 0.497 e. The molecule has 0 radical (unpaired) electrons. The molecule has 2 aromatic carbocycles. The van der Waals surface area contributed by atoms with Gasteiger partial charge in [0.1, 0.15) is 5.75 Å². The zero-order valence-corrected chi connectivity index (χ0v) is 13.4. The molecular formula is C15H17NO6S. The van der Waals surface area contributed by atoms with E-state index in [9.17, 15) is 13.2 Å². The van der Waals surface area contributed by atoms with Gasteiger partial charge in [-0.3, -0.25) is 4.55 Å². The van der Waals surface area contributed by atoms with E-state index in [0.717, 1.165) is 5.56 Å².